The van der Waals surface area contributed by atoms with Gasteiger partial charge in [0.15, 0.2) is 0 Å². The van der Waals surface area contributed by atoms with Crippen molar-refractivity contribution in [2.24, 2.45) is 0 Å². The highest BCUT2D eigenvalue weighted by Crippen LogP contribution is 2.21. The summed E-state index contributed by atoms with van der Waals surface area (Å²) < 4.78 is 0. The predicted octanol–water partition coefficient (Wildman–Crippen LogP) is 4.01. The molecule has 1 aromatic heterocycles. The number of para-hydroxylation sites is 1. The Morgan fingerprint density at radius 2 is 1.95 bits per heavy atom. The second-order valence-corrected chi connectivity index (χ2v) is 5.06. The topological polar surface area (TPSA) is 65.8 Å². The molecule has 0 aliphatic carbocycles. The molecular weight excluding hydrogens is 298 g/mol. The molecule has 0 bridgehead atoms. The highest BCUT2D eigenvalue weighted by Gasteiger charge is 2.09. The molecule has 1 N–H and O–H groups in total. The number of hydrogen-bond acceptors (Lipinski definition) is 3. The molecule has 2 aromatic carbocycles. The van der Waals surface area contributed by atoms with Gasteiger partial charge >= 0.3 is 0 Å². The number of amides is 1. The fourth-order valence-corrected chi connectivity index (χ4v) is 2.29. The third-order valence-corrected chi connectivity index (χ3v) is 3.49. The van der Waals surface area contributed by atoms with E-state index < -0.39 is 0 Å². The van der Waals surface area contributed by atoms with Gasteiger partial charge in [-0.1, -0.05) is 35.9 Å². The molecule has 0 atom stereocenters. The van der Waals surface area contributed by atoms with Gasteiger partial charge in [-0.05, 0) is 30.3 Å². The van der Waals surface area contributed by atoms with Crippen LogP contribution in [0.4, 0.5) is 5.69 Å². The normalized spacial score (nSPS) is 10.2. The van der Waals surface area contributed by atoms with Crippen molar-refractivity contribution in [3.8, 4) is 6.07 Å². The molecule has 3 aromatic rings. The van der Waals surface area contributed by atoms with Crippen LogP contribution in [0.25, 0.3) is 10.9 Å². The molecule has 0 saturated carbocycles. The van der Waals surface area contributed by atoms with Crippen LogP contribution in [0, 0.1) is 11.3 Å². The Hall–Kier alpha value is -2.90. The fraction of sp³-hybridized carbons (Fsp3) is 0. The third-order valence-electron chi connectivity index (χ3n) is 3.18. The monoisotopic (exact) mass is 307 g/mol. The Balaban J connectivity index is 1.87. The quantitative estimate of drug-likeness (QED) is 0.778. The predicted molar refractivity (Wildman–Crippen MR) is 85.9 cm³/mol. The van der Waals surface area contributed by atoms with Gasteiger partial charge in [0.2, 0.25) is 0 Å². The van der Waals surface area contributed by atoms with Crippen LogP contribution in [-0.4, -0.2) is 10.9 Å². The third kappa shape index (κ3) is 2.76. The molecule has 0 radical (unpaired) electrons. The van der Waals surface area contributed by atoms with E-state index in [1.807, 2.05) is 36.4 Å². The number of nitriles is 1. The first-order valence-electron chi connectivity index (χ1n) is 6.54. The summed E-state index contributed by atoms with van der Waals surface area (Å²) in [7, 11) is 0. The largest absolute Gasteiger partial charge is 0.321 e. The SMILES string of the molecule is N#Cc1ccc(NC(=O)c2ccc3ccccc3n2)cc1Cl. The number of carbonyl (C=O) groups excluding carboxylic acids is 1. The van der Waals surface area contributed by atoms with E-state index in [-0.39, 0.29) is 5.91 Å². The van der Waals surface area contributed by atoms with E-state index in [2.05, 4.69) is 10.3 Å². The van der Waals surface area contributed by atoms with Gasteiger partial charge in [-0.2, -0.15) is 5.26 Å². The summed E-state index contributed by atoms with van der Waals surface area (Å²) in [4.78, 5) is 16.6. The Morgan fingerprint density at radius 1 is 1.14 bits per heavy atom. The van der Waals surface area contributed by atoms with Crippen molar-refractivity contribution in [3.05, 3.63) is 70.9 Å². The van der Waals surface area contributed by atoms with Crippen molar-refractivity contribution in [2.75, 3.05) is 5.32 Å². The van der Waals surface area contributed by atoms with Crippen LogP contribution < -0.4 is 5.32 Å². The summed E-state index contributed by atoms with van der Waals surface area (Å²) in [5, 5.41) is 12.8. The fourth-order valence-electron chi connectivity index (χ4n) is 2.07. The molecule has 0 aliphatic rings. The van der Waals surface area contributed by atoms with Gasteiger partial charge in [0.25, 0.3) is 5.91 Å². The lowest BCUT2D eigenvalue weighted by Gasteiger charge is -2.06. The van der Waals surface area contributed by atoms with Crippen LogP contribution in [0.15, 0.2) is 54.6 Å². The zero-order valence-corrected chi connectivity index (χ0v) is 12.1. The molecule has 106 valence electrons. The van der Waals surface area contributed by atoms with Gasteiger partial charge in [-0.3, -0.25) is 4.79 Å². The van der Waals surface area contributed by atoms with Crippen LogP contribution in [0.5, 0.6) is 0 Å². The van der Waals surface area contributed by atoms with Gasteiger partial charge in [-0.15, -0.1) is 0 Å². The smallest absolute Gasteiger partial charge is 0.274 e. The highest BCUT2D eigenvalue weighted by molar-refractivity contribution is 6.32. The first kappa shape index (κ1) is 14.1. The highest BCUT2D eigenvalue weighted by atomic mass is 35.5. The molecule has 0 aliphatic heterocycles. The van der Waals surface area contributed by atoms with Gasteiger partial charge in [0.1, 0.15) is 11.8 Å². The number of nitrogens with one attached hydrogen (secondary N) is 1. The summed E-state index contributed by atoms with van der Waals surface area (Å²) in [6.07, 6.45) is 0. The lowest BCUT2D eigenvalue weighted by molar-refractivity contribution is 0.102. The average Bonchev–Trinajstić information content (AvgIpc) is 2.54. The summed E-state index contributed by atoms with van der Waals surface area (Å²) in [5.74, 6) is -0.327. The van der Waals surface area contributed by atoms with E-state index in [9.17, 15) is 4.79 Å². The van der Waals surface area contributed by atoms with Crippen LogP contribution >= 0.6 is 11.6 Å². The van der Waals surface area contributed by atoms with Gasteiger partial charge in [0.05, 0.1) is 16.1 Å². The number of pyridine rings is 1. The zero-order chi connectivity index (χ0) is 15.5. The number of carbonyl (C=O) groups is 1. The first-order valence-corrected chi connectivity index (χ1v) is 6.92. The second kappa shape index (κ2) is 5.84. The Morgan fingerprint density at radius 3 is 2.73 bits per heavy atom. The molecule has 0 fully saturated rings. The number of aromatic nitrogens is 1. The van der Waals surface area contributed by atoms with Crippen LogP contribution in [0.2, 0.25) is 5.02 Å². The summed E-state index contributed by atoms with van der Waals surface area (Å²) >= 11 is 5.95. The molecule has 0 saturated heterocycles. The van der Waals surface area contributed by atoms with Gasteiger partial charge in [0, 0.05) is 11.1 Å². The molecule has 22 heavy (non-hydrogen) atoms. The Kier molecular flexibility index (Phi) is 3.73. The van der Waals surface area contributed by atoms with Crippen molar-refractivity contribution in [1.29, 1.82) is 5.26 Å². The van der Waals surface area contributed by atoms with Gasteiger partial charge in [-0.25, -0.2) is 4.98 Å². The number of benzene rings is 2. The molecule has 3 rings (SSSR count). The Bertz CT molecular complexity index is 915. The average molecular weight is 308 g/mol. The van der Waals surface area contributed by atoms with Crippen molar-refractivity contribution < 1.29 is 4.79 Å². The van der Waals surface area contributed by atoms with Crippen LogP contribution in [0.1, 0.15) is 16.1 Å². The number of hydrogen-bond donors (Lipinski definition) is 1. The lowest BCUT2D eigenvalue weighted by atomic mass is 10.2. The molecule has 4 nitrogen and oxygen atoms in total. The molecule has 1 heterocycles. The maximum Gasteiger partial charge on any atom is 0.274 e. The summed E-state index contributed by atoms with van der Waals surface area (Å²) in [6, 6.07) is 17.8. The zero-order valence-electron chi connectivity index (χ0n) is 11.4. The number of nitrogens with zero attached hydrogens (tertiary/aromatic N) is 2. The summed E-state index contributed by atoms with van der Waals surface area (Å²) in [5.41, 5.74) is 1.96. The lowest BCUT2D eigenvalue weighted by Crippen LogP contribution is -2.13. The van der Waals surface area contributed by atoms with E-state index in [1.165, 1.54) is 0 Å². The standard InChI is InChI=1S/C17H10ClN3O/c18-14-9-13(7-5-12(14)10-19)20-17(22)16-8-6-11-3-1-2-4-15(11)21-16/h1-9H,(H,20,22). The van der Waals surface area contributed by atoms with E-state index in [4.69, 9.17) is 16.9 Å². The molecular formula is C17H10ClN3O. The number of anilines is 1. The van der Waals surface area contributed by atoms with E-state index >= 15 is 0 Å². The molecule has 1 amide bonds. The minimum absolute atomic E-state index is 0.298. The summed E-state index contributed by atoms with van der Waals surface area (Å²) in [6.45, 7) is 0. The van der Waals surface area contributed by atoms with E-state index in [0.29, 0.717) is 22.0 Å². The molecule has 0 spiro atoms. The molecule has 5 heteroatoms. The van der Waals surface area contributed by atoms with Gasteiger partial charge < -0.3 is 5.32 Å². The van der Waals surface area contributed by atoms with Crippen molar-refractivity contribution in [3.63, 3.8) is 0 Å². The van der Waals surface area contributed by atoms with Crippen LogP contribution in [-0.2, 0) is 0 Å². The van der Waals surface area contributed by atoms with E-state index in [0.717, 1.165) is 10.9 Å². The van der Waals surface area contributed by atoms with Crippen molar-refractivity contribution in [2.45, 2.75) is 0 Å². The number of fused-ring (bicyclic) bond motifs is 1. The maximum absolute atomic E-state index is 12.2. The minimum Gasteiger partial charge on any atom is -0.321 e. The first-order chi connectivity index (χ1) is 10.7. The minimum atomic E-state index is -0.327. The number of halogens is 1. The van der Waals surface area contributed by atoms with E-state index in [1.54, 1.807) is 24.3 Å². The molecule has 0 unspecified atom stereocenters. The maximum atomic E-state index is 12.2. The number of rotatable bonds is 2. The Labute approximate surface area is 132 Å². The van der Waals surface area contributed by atoms with Crippen LogP contribution in [0.3, 0.4) is 0 Å². The second-order valence-electron chi connectivity index (χ2n) is 4.65. The van der Waals surface area contributed by atoms with Crippen molar-refractivity contribution in [1.82, 2.24) is 4.98 Å². The van der Waals surface area contributed by atoms with Crippen molar-refractivity contribution >= 4 is 34.1 Å².